The van der Waals surface area contributed by atoms with Gasteiger partial charge in [0.15, 0.2) is 0 Å². The van der Waals surface area contributed by atoms with Crippen LogP contribution >= 0.6 is 0 Å². The summed E-state index contributed by atoms with van der Waals surface area (Å²) in [6.45, 7) is 7.07. The van der Waals surface area contributed by atoms with Crippen molar-refractivity contribution in [1.29, 1.82) is 0 Å². The summed E-state index contributed by atoms with van der Waals surface area (Å²) in [7, 11) is -4.30. The second-order valence-electron chi connectivity index (χ2n) is 11.4. The molecule has 2 aromatic carbocycles. The highest BCUT2D eigenvalue weighted by Gasteiger charge is 2.42. The average Bonchev–Trinajstić information content (AvgIpc) is 3.65. The van der Waals surface area contributed by atoms with Gasteiger partial charge in [0.2, 0.25) is 10.0 Å². The fraction of sp³-hybridized carbons (Fsp3) is 0.414. The molecule has 1 aliphatic heterocycles. The predicted octanol–water partition coefficient (Wildman–Crippen LogP) is 4.77. The van der Waals surface area contributed by atoms with E-state index in [0.717, 1.165) is 16.1 Å². The zero-order valence-electron chi connectivity index (χ0n) is 23.8. The smallest absolute Gasteiger partial charge is 0.372 e. The number of benzene rings is 2. The van der Waals surface area contributed by atoms with Crippen LogP contribution < -0.4 is 5.73 Å². The van der Waals surface area contributed by atoms with E-state index >= 15 is 0 Å². The van der Waals surface area contributed by atoms with Crippen molar-refractivity contribution in [3.8, 4) is 11.1 Å². The van der Waals surface area contributed by atoms with E-state index in [-0.39, 0.29) is 58.2 Å². The summed E-state index contributed by atoms with van der Waals surface area (Å²) in [5.41, 5.74) is 4.85. The van der Waals surface area contributed by atoms with Gasteiger partial charge in [-0.05, 0) is 70.4 Å². The largest absolute Gasteiger partial charge is 0.416 e. The molecule has 0 spiro atoms. The molecule has 10 nitrogen and oxygen atoms in total. The maximum Gasteiger partial charge on any atom is 0.416 e. The molecule has 6 rings (SSSR count). The number of carbonyl (C=O) groups is 2. The highest BCUT2D eigenvalue weighted by molar-refractivity contribution is 7.91. The van der Waals surface area contributed by atoms with E-state index in [1.165, 1.54) is 11.0 Å². The molecule has 2 aromatic heterocycles. The number of carbonyl (C=O) groups excluding carboxylic acids is 2. The molecular formula is C29H29F3N4O6S. The summed E-state index contributed by atoms with van der Waals surface area (Å²) >= 11 is 0. The molecule has 1 saturated heterocycles. The van der Waals surface area contributed by atoms with Crippen LogP contribution in [0.4, 0.5) is 13.2 Å². The van der Waals surface area contributed by atoms with Crippen LogP contribution in [0.25, 0.3) is 32.9 Å². The van der Waals surface area contributed by atoms with Crippen molar-refractivity contribution < 1.29 is 40.4 Å². The van der Waals surface area contributed by atoms with Gasteiger partial charge in [0.1, 0.15) is 5.76 Å². The normalized spacial score (nSPS) is 19.8. The molecule has 2 atom stereocenters. The van der Waals surface area contributed by atoms with E-state index in [9.17, 15) is 31.2 Å². The van der Waals surface area contributed by atoms with Crippen LogP contribution in [0.3, 0.4) is 0 Å². The minimum Gasteiger partial charge on any atom is -0.372 e. The van der Waals surface area contributed by atoms with Gasteiger partial charge in [0, 0.05) is 29.4 Å². The van der Waals surface area contributed by atoms with Crippen LogP contribution in [-0.2, 0) is 20.9 Å². The van der Waals surface area contributed by atoms with Gasteiger partial charge in [-0.25, -0.2) is 12.4 Å². The number of fused-ring (bicyclic) bond motifs is 3. The molecule has 14 heteroatoms. The Bertz CT molecular complexity index is 1910. The van der Waals surface area contributed by atoms with Gasteiger partial charge in [-0.1, -0.05) is 5.16 Å². The van der Waals surface area contributed by atoms with E-state index in [1.807, 2.05) is 0 Å². The SMILES string of the molecule is Cc1noc(C)c1-c1cc(C(N)=O)c2c(c1)c1c(C(=O)N3C[C@@H](C)O[C@@H](C)C3)cc(C(F)(F)F)cc1n2S(=O)(=O)C1CC1. The number of nitrogens with zero attached hydrogens (tertiary/aromatic N) is 3. The number of aromatic nitrogens is 2. The van der Waals surface area contributed by atoms with Crippen LogP contribution in [0.2, 0.25) is 0 Å². The Balaban J connectivity index is 1.79. The Morgan fingerprint density at radius 1 is 1.02 bits per heavy atom. The lowest BCUT2D eigenvalue weighted by Gasteiger charge is -2.35. The molecule has 2 aliphatic rings. The number of amides is 2. The molecule has 228 valence electrons. The Kier molecular flexibility index (Phi) is 6.65. The fourth-order valence-corrected chi connectivity index (χ4v) is 7.99. The van der Waals surface area contributed by atoms with Crippen molar-refractivity contribution in [3.05, 3.63) is 52.4 Å². The number of halogens is 3. The Hall–Kier alpha value is -3.91. The summed E-state index contributed by atoms with van der Waals surface area (Å²) < 4.78 is 82.6. The summed E-state index contributed by atoms with van der Waals surface area (Å²) in [4.78, 5) is 28.4. The van der Waals surface area contributed by atoms with Crippen LogP contribution in [0.5, 0.6) is 0 Å². The zero-order chi connectivity index (χ0) is 31.2. The number of hydrogen-bond donors (Lipinski definition) is 1. The van der Waals surface area contributed by atoms with E-state index in [1.54, 1.807) is 33.8 Å². The first-order chi connectivity index (χ1) is 20.1. The van der Waals surface area contributed by atoms with Crippen LogP contribution in [0.1, 0.15) is 64.4 Å². The zero-order valence-corrected chi connectivity index (χ0v) is 24.6. The average molecular weight is 619 g/mol. The molecule has 2 N–H and O–H groups in total. The van der Waals surface area contributed by atoms with Gasteiger partial charge in [0.25, 0.3) is 11.8 Å². The summed E-state index contributed by atoms with van der Waals surface area (Å²) in [6, 6.07) is 4.39. The Morgan fingerprint density at radius 3 is 2.21 bits per heavy atom. The highest BCUT2D eigenvalue weighted by atomic mass is 32.2. The van der Waals surface area contributed by atoms with E-state index in [4.69, 9.17) is 15.0 Å². The number of primary amides is 1. The van der Waals surface area contributed by atoms with Gasteiger partial charge in [-0.15, -0.1) is 0 Å². The van der Waals surface area contributed by atoms with Crippen molar-refractivity contribution in [1.82, 2.24) is 14.0 Å². The van der Waals surface area contributed by atoms with Gasteiger partial charge >= 0.3 is 6.18 Å². The van der Waals surface area contributed by atoms with Crippen molar-refractivity contribution in [3.63, 3.8) is 0 Å². The van der Waals surface area contributed by atoms with Crippen LogP contribution in [0, 0.1) is 13.8 Å². The minimum absolute atomic E-state index is 0.0277. The quantitative estimate of drug-likeness (QED) is 0.340. The van der Waals surface area contributed by atoms with Crippen molar-refractivity contribution in [2.24, 2.45) is 5.73 Å². The molecule has 2 amide bonds. The van der Waals surface area contributed by atoms with Gasteiger partial charge in [-0.2, -0.15) is 13.2 Å². The molecule has 0 unspecified atom stereocenters. The number of nitrogens with two attached hydrogens (primary N) is 1. The first kappa shape index (κ1) is 29.2. The number of morpholine rings is 1. The molecular weight excluding hydrogens is 589 g/mol. The first-order valence-electron chi connectivity index (χ1n) is 13.7. The van der Waals surface area contributed by atoms with Gasteiger partial charge in [0.05, 0.1) is 50.9 Å². The lowest BCUT2D eigenvalue weighted by Crippen LogP contribution is -2.48. The number of alkyl halides is 3. The topological polar surface area (TPSA) is 138 Å². The lowest BCUT2D eigenvalue weighted by molar-refractivity contribution is -0.137. The second kappa shape index (κ2) is 9.81. The third-order valence-corrected chi connectivity index (χ3v) is 10.2. The third kappa shape index (κ3) is 4.76. The maximum absolute atomic E-state index is 14.3. The van der Waals surface area contributed by atoms with Crippen molar-refractivity contribution >= 4 is 43.6 Å². The Morgan fingerprint density at radius 2 is 1.67 bits per heavy atom. The monoisotopic (exact) mass is 618 g/mol. The molecule has 4 aromatic rings. The molecule has 2 fully saturated rings. The number of aryl methyl sites for hydroxylation is 2. The van der Waals surface area contributed by atoms with Crippen LogP contribution in [-0.4, -0.2) is 64.8 Å². The maximum atomic E-state index is 14.3. The molecule has 1 aliphatic carbocycles. The summed E-state index contributed by atoms with van der Waals surface area (Å²) in [6.07, 6.45) is -5.05. The van der Waals surface area contributed by atoms with Crippen LogP contribution in [0.15, 0.2) is 28.8 Å². The predicted molar refractivity (Wildman–Crippen MR) is 151 cm³/mol. The molecule has 3 heterocycles. The second-order valence-corrected chi connectivity index (χ2v) is 13.4. The highest BCUT2D eigenvalue weighted by Crippen LogP contribution is 2.44. The number of rotatable bonds is 5. The fourth-order valence-electron chi connectivity index (χ4n) is 6.09. The minimum atomic E-state index is -4.91. The van der Waals surface area contributed by atoms with Crippen molar-refractivity contribution in [2.75, 3.05) is 13.1 Å². The first-order valence-corrected chi connectivity index (χ1v) is 15.3. The Labute approximate surface area is 244 Å². The number of hydrogen-bond acceptors (Lipinski definition) is 7. The lowest BCUT2D eigenvalue weighted by atomic mass is 9.95. The van der Waals surface area contributed by atoms with E-state index < -0.39 is 38.8 Å². The van der Waals surface area contributed by atoms with E-state index in [0.29, 0.717) is 35.4 Å². The summed E-state index contributed by atoms with van der Waals surface area (Å²) in [5, 5.41) is 3.16. The molecule has 1 saturated carbocycles. The molecule has 0 bridgehead atoms. The number of ether oxygens (including phenoxy) is 1. The molecule has 0 radical (unpaired) electrons. The standard InChI is InChI=1S/C29H29F3N4O6S/c1-13-11-35(12-14(2)41-13)28(38)21-9-18(29(30,31)32)10-23-25(21)20-7-17(24-15(3)34-42-16(24)4)8-22(27(33)37)26(20)36(23)43(39,40)19-5-6-19/h7-10,13-14,19H,5-6,11-12H2,1-4H3,(H2,33,37)/t13-,14+. The van der Waals surface area contributed by atoms with Gasteiger partial charge < -0.3 is 19.9 Å². The van der Waals surface area contributed by atoms with Gasteiger partial charge in [-0.3, -0.25) is 9.59 Å². The molecule has 43 heavy (non-hydrogen) atoms. The van der Waals surface area contributed by atoms with Crippen molar-refractivity contribution in [2.45, 2.75) is 64.2 Å². The third-order valence-electron chi connectivity index (χ3n) is 7.97. The van der Waals surface area contributed by atoms with E-state index in [2.05, 4.69) is 5.16 Å². The summed E-state index contributed by atoms with van der Waals surface area (Å²) in [5.74, 6) is -1.31.